The van der Waals surface area contributed by atoms with Crippen LogP contribution >= 0.6 is 0 Å². The van der Waals surface area contributed by atoms with E-state index >= 15 is 0 Å². The Morgan fingerprint density at radius 3 is 2.35 bits per heavy atom. The molecule has 1 N–H and O–H groups in total. The van der Waals surface area contributed by atoms with E-state index in [1.165, 1.54) is 0 Å². The van der Waals surface area contributed by atoms with E-state index in [9.17, 15) is 5.11 Å². The van der Waals surface area contributed by atoms with E-state index in [4.69, 9.17) is 9.47 Å². The summed E-state index contributed by atoms with van der Waals surface area (Å²) in [7, 11) is 3.25. The number of rotatable bonds is 5. The van der Waals surface area contributed by atoms with Gasteiger partial charge in [0.2, 0.25) is 0 Å². The van der Waals surface area contributed by atoms with Crippen LogP contribution in [0.2, 0.25) is 0 Å². The zero-order valence-corrected chi connectivity index (χ0v) is 10.7. The minimum Gasteiger partial charge on any atom is -0.496 e. The van der Waals surface area contributed by atoms with Crippen molar-refractivity contribution < 1.29 is 14.6 Å². The van der Waals surface area contributed by atoms with Gasteiger partial charge in [-0.15, -0.1) is 0 Å². The Bertz CT molecular complexity index is 380. The Hall–Kier alpha value is -1.22. The third kappa shape index (κ3) is 2.00. The summed E-state index contributed by atoms with van der Waals surface area (Å²) in [5.41, 5.74) is 0.0528. The van der Waals surface area contributed by atoms with Crippen molar-refractivity contribution in [2.45, 2.75) is 31.8 Å². The van der Waals surface area contributed by atoms with Gasteiger partial charge in [-0.1, -0.05) is 19.4 Å². The van der Waals surface area contributed by atoms with Crippen molar-refractivity contribution in [1.82, 2.24) is 0 Å². The van der Waals surface area contributed by atoms with Crippen molar-refractivity contribution in [3.63, 3.8) is 0 Å². The number of benzene rings is 1. The van der Waals surface area contributed by atoms with E-state index < -0.39 is 5.60 Å². The summed E-state index contributed by atoms with van der Waals surface area (Å²) in [6.07, 6.45) is 2.93. The summed E-state index contributed by atoms with van der Waals surface area (Å²) in [4.78, 5) is 0. The van der Waals surface area contributed by atoms with Crippen LogP contribution in [0.15, 0.2) is 18.2 Å². The molecule has 1 saturated carbocycles. The van der Waals surface area contributed by atoms with Crippen molar-refractivity contribution in [3.05, 3.63) is 23.8 Å². The largest absolute Gasteiger partial charge is 0.496 e. The highest BCUT2D eigenvalue weighted by molar-refractivity contribution is 5.51. The summed E-state index contributed by atoms with van der Waals surface area (Å²) in [5.74, 6) is 1.76. The second kappa shape index (κ2) is 4.57. The molecule has 0 bridgehead atoms. The molecule has 0 saturated heterocycles. The van der Waals surface area contributed by atoms with Crippen molar-refractivity contribution in [2.75, 3.05) is 14.2 Å². The van der Waals surface area contributed by atoms with E-state index in [1.807, 2.05) is 18.2 Å². The molecule has 1 aliphatic carbocycles. The number of hydrogen-bond donors (Lipinski definition) is 1. The fourth-order valence-corrected chi connectivity index (χ4v) is 2.59. The number of ether oxygens (including phenoxy) is 2. The number of aliphatic hydroxyl groups is 1. The van der Waals surface area contributed by atoms with Gasteiger partial charge in [0.15, 0.2) is 0 Å². The quantitative estimate of drug-likeness (QED) is 0.854. The lowest BCUT2D eigenvalue weighted by Crippen LogP contribution is -2.12. The molecule has 2 atom stereocenters. The van der Waals surface area contributed by atoms with E-state index in [0.717, 1.165) is 24.8 Å². The van der Waals surface area contributed by atoms with Gasteiger partial charge >= 0.3 is 0 Å². The van der Waals surface area contributed by atoms with E-state index in [0.29, 0.717) is 17.4 Å². The lowest BCUT2D eigenvalue weighted by molar-refractivity contribution is 0.121. The Morgan fingerprint density at radius 1 is 1.29 bits per heavy atom. The molecule has 1 aromatic rings. The second-order valence-corrected chi connectivity index (χ2v) is 4.65. The van der Waals surface area contributed by atoms with Crippen LogP contribution in [0.4, 0.5) is 0 Å². The summed E-state index contributed by atoms with van der Waals surface area (Å²) in [5, 5.41) is 10.7. The van der Waals surface area contributed by atoms with Crippen LogP contribution in [0.1, 0.15) is 31.7 Å². The highest BCUT2D eigenvalue weighted by atomic mass is 16.5. The molecule has 1 fully saturated rings. The maximum absolute atomic E-state index is 10.7. The molecular formula is C14H20O3. The first-order chi connectivity index (χ1) is 8.17. The molecule has 2 unspecified atom stereocenters. The normalized spacial score (nSPS) is 26.7. The lowest BCUT2D eigenvalue weighted by Gasteiger charge is -2.18. The van der Waals surface area contributed by atoms with Crippen LogP contribution in [-0.4, -0.2) is 19.3 Å². The summed E-state index contributed by atoms with van der Waals surface area (Å²) >= 11 is 0. The Kier molecular flexibility index (Phi) is 3.29. The van der Waals surface area contributed by atoms with Crippen molar-refractivity contribution in [2.24, 2.45) is 5.92 Å². The minimum atomic E-state index is -0.756. The van der Waals surface area contributed by atoms with Gasteiger partial charge in [-0.25, -0.2) is 0 Å². The Balaban J connectivity index is 2.37. The molecule has 0 amide bonds. The fourth-order valence-electron chi connectivity index (χ4n) is 2.59. The average molecular weight is 236 g/mol. The molecule has 3 heteroatoms. The van der Waals surface area contributed by atoms with Crippen LogP contribution in [0.25, 0.3) is 0 Å². The van der Waals surface area contributed by atoms with Crippen molar-refractivity contribution in [3.8, 4) is 11.5 Å². The van der Waals surface area contributed by atoms with Gasteiger partial charge in [0.05, 0.1) is 19.8 Å². The zero-order chi connectivity index (χ0) is 12.5. The molecule has 1 aliphatic rings. The smallest absolute Gasteiger partial charge is 0.128 e. The monoisotopic (exact) mass is 236 g/mol. The van der Waals surface area contributed by atoms with Crippen molar-refractivity contribution in [1.29, 1.82) is 0 Å². The lowest BCUT2D eigenvalue weighted by atomic mass is 10.0. The first-order valence-corrected chi connectivity index (χ1v) is 6.11. The standard InChI is InChI=1S/C14H20O3/c1-4-6-10-9-14(10,15)13-11(16-2)7-5-8-12(13)17-3/h5,7-8,10,15H,4,6,9H2,1-3H3. The molecule has 17 heavy (non-hydrogen) atoms. The van der Waals surface area contributed by atoms with Crippen molar-refractivity contribution >= 4 is 0 Å². The van der Waals surface area contributed by atoms with Crippen LogP contribution in [-0.2, 0) is 5.60 Å². The molecule has 1 aromatic carbocycles. The molecule has 2 rings (SSSR count). The number of methoxy groups -OCH3 is 2. The highest BCUT2D eigenvalue weighted by Gasteiger charge is 2.56. The van der Waals surface area contributed by atoms with Crippen LogP contribution in [0.3, 0.4) is 0 Å². The third-order valence-corrected chi connectivity index (χ3v) is 3.57. The molecule has 0 aromatic heterocycles. The predicted molar refractivity (Wildman–Crippen MR) is 66.5 cm³/mol. The van der Waals surface area contributed by atoms with E-state index in [1.54, 1.807) is 14.2 Å². The molecule has 0 spiro atoms. The maximum atomic E-state index is 10.7. The summed E-state index contributed by atoms with van der Waals surface area (Å²) in [6, 6.07) is 5.62. The van der Waals surface area contributed by atoms with E-state index in [2.05, 4.69) is 6.92 Å². The van der Waals surface area contributed by atoms with Gasteiger partial charge in [0.1, 0.15) is 17.1 Å². The number of hydrogen-bond acceptors (Lipinski definition) is 3. The SMILES string of the molecule is CCCC1CC1(O)c1c(OC)cccc1OC. The van der Waals surface area contributed by atoms with Gasteiger partial charge in [-0.05, 0) is 30.9 Å². The van der Waals surface area contributed by atoms with Gasteiger partial charge < -0.3 is 14.6 Å². The molecule has 94 valence electrons. The molecule has 0 radical (unpaired) electrons. The van der Waals surface area contributed by atoms with Crippen LogP contribution < -0.4 is 9.47 Å². The van der Waals surface area contributed by atoms with Gasteiger partial charge in [0.25, 0.3) is 0 Å². The third-order valence-electron chi connectivity index (χ3n) is 3.57. The topological polar surface area (TPSA) is 38.7 Å². The highest BCUT2D eigenvalue weighted by Crippen LogP contribution is 2.58. The molecular weight excluding hydrogens is 216 g/mol. The summed E-state index contributed by atoms with van der Waals surface area (Å²) in [6.45, 7) is 2.14. The van der Waals surface area contributed by atoms with Gasteiger partial charge in [-0.3, -0.25) is 0 Å². The average Bonchev–Trinajstić information content (AvgIpc) is 3.00. The van der Waals surface area contributed by atoms with Crippen LogP contribution in [0, 0.1) is 5.92 Å². The second-order valence-electron chi connectivity index (χ2n) is 4.65. The maximum Gasteiger partial charge on any atom is 0.128 e. The van der Waals surface area contributed by atoms with Crippen LogP contribution in [0.5, 0.6) is 11.5 Å². The fraction of sp³-hybridized carbons (Fsp3) is 0.571. The molecule has 0 heterocycles. The molecule has 3 nitrogen and oxygen atoms in total. The Labute approximate surface area is 102 Å². The summed E-state index contributed by atoms with van der Waals surface area (Å²) < 4.78 is 10.7. The van der Waals surface area contributed by atoms with Gasteiger partial charge in [-0.2, -0.15) is 0 Å². The molecule has 0 aliphatic heterocycles. The Morgan fingerprint density at radius 2 is 1.88 bits per heavy atom. The van der Waals surface area contributed by atoms with E-state index in [-0.39, 0.29) is 0 Å². The zero-order valence-electron chi connectivity index (χ0n) is 10.7. The first-order valence-electron chi connectivity index (χ1n) is 6.11. The van der Waals surface area contributed by atoms with Gasteiger partial charge in [0, 0.05) is 0 Å². The predicted octanol–water partition coefficient (Wildman–Crippen LogP) is 2.71. The first kappa shape index (κ1) is 12.2. The minimum absolute atomic E-state index is 0.331.